The molecule has 0 fully saturated rings. The van der Waals surface area contributed by atoms with Crippen LogP contribution in [0.1, 0.15) is 12.6 Å². The number of carbonyl (C=O) groups excluding carboxylic acids is 1. The number of aromatic nitrogens is 1. The summed E-state index contributed by atoms with van der Waals surface area (Å²) in [5, 5.41) is 0. The lowest BCUT2D eigenvalue weighted by Crippen LogP contribution is -1.95. The third-order valence-corrected chi connectivity index (χ3v) is 2.92. The Bertz CT molecular complexity index is 461. The van der Waals surface area contributed by atoms with Gasteiger partial charge in [0.1, 0.15) is 5.78 Å². The van der Waals surface area contributed by atoms with E-state index in [1.807, 2.05) is 36.4 Å². The second-order valence-electron chi connectivity index (χ2n) is 3.43. The van der Waals surface area contributed by atoms with Crippen LogP contribution < -0.4 is 0 Å². The van der Waals surface area contributed by atoms with Gasteiger partial charge in [0.25, 0.3) is 0 Å². The van der Waals surface area contributed by atoms with Gasteiger partial charge in [0.15, 0.2) is 0 Å². The van der Waals surface area contributed by atoms with Crippen LogP contribution >= 0.6 is 11.5 Å². The van der Waals surface area contributed by atoms with Gasteiger partial charge in [-0.05, 0) is 30.1 Å². The van der Waals surface area contributed by atoms with Gasteiger partial charge in [-0.25, -0.2) is 0 Å². The summed E-state index contributed by atoms with van der Waals surface area (Å²) in [6.45, 7) is 1.58. The molecule has 0 saturated heterocycles. The Kier molecular flexibility index (Phi) is 2.92. The van der Waals surface area contributed by atoms with Gasteiger partial charge in [-0.1, -0.05) is 30.3 Å². The molecular formula is C12H11NOS. The van der Waals surface area contributed by atoms with E-state index in [2.05, 4.69) is 4.37 Å². The van der Waals surface area contributed by atoms with E-state index in [1.54, 1.807) is 6.92 Å². The van der Waals surface area contributed by atoms with Gasteiger partial charge in [0.05, 0.1) is 10.6 Å². The van der Waals surface area contributed by atoms with Crippen molar-refractivity contribution in [3.63, 3.8) is 0 Å². The third-order valence-electron chi connectivity index (χ3n) is 2.05. The van der Waals surface area contributed by atoms with Crippen LogP contribution in [-0.2, 0) is 11.2 Å². The van der Waals surface area contributed by atoms with Crippen LogP contribution in [0.3, 0.4) is 0 Å². The standard InChI is InChI=1S/C12H11NOS/c1-9(14)7-11-8-12(15-13-11)10-5-3-2-4-6-10/h2-6,8H,7H2,1H3. The molecule has 2 rings (SSSR count). The third kappa shape index (κ3) is 2.50. The maximum Gasteiger partial charge on any atom is 0.135 e. The van der Waals surface area contributed by atoms with Gasteiger partial charge in [-0.2, -0.15) is 4.37 Å². The monoisotopic (exact) mass is 217 g/mol. The second-order valence-corrected chi connectivity index (χ2v) is 4.23. The number of nitrogens with zero attached hydrogens (tertiary/aromatic N) is 1. The molecule has 3 heteroatoms. The minimum absolute atomic E-state index is 0.153. The van der Waals surface area contributed by atoms with E-state index in [-0.39, 0.29) is 5.78 Å². The SMILES string of the molecule is CC(=O)Cc1cc(-c2ccccc2)sn1. The first-order valence-corrected chi connectivity index (χ1v) is 5.53. The maximum atomic E-state index is 10.9. The van der Waals surface area contributed by atoms with Crippen molar-refractivity contribution in [2.75, 3.05) is 0 Å². The topological polar surface area (TPSA) is 30.0 Å². The minimum atomic E-state index is 0.153. The summed E-state index contributed by atoms with van der Waals surface area (Å²) in [6.07, 6.45) is 0.434. The van der Waals surface area contributed by atoms with Crippen LogP contribution in [0.5, 0.6) is 0 Å². The summed E-state index contributed by atoms with van der Waals surface area (Å²) in [7, 11) is 0. The lowest BCUT2D eigenvalue weighted by molar-refractivity contribution is -0.116. The zero-order chi connectivity index (χ0) is 10.7. The number of rotatable bonds is 3. The average molecular weight is 217 g/mol. The quantitative estimate of drug-likeness (QED) is 0.791. The average Bonchev–Trinajstić information content (AvgIpc) is 2.67. The summed E-state index contributed by atoms with van der Waals surface area (Å²) in [5.41, 5.74) is 2.02. The normalized spacial score (nSPS) is 10.2. The molecule has 0 bridgehead atoms. The zero-order valence-electron chi connectivity index (χ0n) is 8.43. The highest BCUT2D eigenvalue weighted by atomic mass is 32.1. The molecule has 0 radical (unpaired) electrons. The first-order chi connectivity index (χ1) is 7.25. The number of hydrogen-bond donors (Lipinski definition) is 0. The molecule has 2 aromatic rings. The summed E-state index contributed by atoms with van der Waals surface area (Å²) in [4.78, 5) is 12.0. The van der Waals surface area contributed by atoms with Crippen molar-refractivity contribution in [1.29, 1.82) is 0 Å². The van der Waals surface area contributed by atoms with Crippen LogP contribution in [0.4, 0.5) is 0 Å². The van der Waals surface area contributed by atoms with Gasteiger partial charge in [-0.15, -0.1) is 0 Å². The van der Waals surface area contributed by atoms with Crippen molar-refractivity contribution in [2.45, 2.75) is 13.3 Å². The van der Waals surface area contributed by atoms with Crippen molar-refractivity contribution in [2.24, 2.45) is 0 Å². The maximum absolute atomic E-state index is 10.9. The van der Waals surface area contributed by atoms with E-state index < -0.39 is 0 Å². The first kappa shape index (κ1) is 10.1. The van der Waals surface area contributed by atoms with Crippen molar-refractivity contribution < 1.29 is 4.79 Å². The first-order valence-electron chi connectivity index (χ1n) is 4.76. The lowest BCUT2D eigenvalue weighted by atomic mass is 10.1. The Hall–Kier alpha value is -1.48. The molecule has 0 atom stereocenters. The number of hydrogen-bond acceptors (Lipinski definition) is 3. The second kappa shape index (κ2) is 4.36. The number of benzene rings is 1. The fourth-order valence-electron chi connectivity index (χ4n) is 1.39. The van der Waals surface area contributed by atoms with E-state index in [0.29, 0.717) is 6.42 Å². The molecule has 76 valence electrons. The highest BCUT2D eigenvalue weighted by Crippen LogP contribution is 2.24. The van der Waals surface area contributed by atoms with E-state index in [0.717, 1.165) is 16.1 Å². The van der Waals surface area contributed by atoms with Gasteiger partial charge >= 0.3 is 0 Å². The van der Waals surface area contributed by atoms with E-state index in [9.17, 15) is 4.79 Å². The Labute approximate surface area is 92.7 Å². The molecular weight excluding hydrogens is 206 g/mol. The minimum Gasteiger partial charge on any atom is -0.300 e. The molecule has 0 aliphatic heterocycles. The molecule has 1 heterocycles. The van der Waals surface area contributed by atoms with Crippen LogP contribution in [0.25, 0.3) is 10.4 Å². The van der Waals surface area contributed by atoms with Crippen LogP contribution in [-0.4, -0.2) is 10.2 Å². The molecule has 15 heavy (non-hydrogen) atoms. The van der Waals surface area contributed by atoms with Gasteiger partial charge in [0.2, 0.25) is 0 Å². The number of carbonyl (C=O) groups is 1. The van der Waals surface area contributed by atoms with Crippen molar-refractivity contribution >= 4 is 17.3 Å². The Balaban J connectivity index is 2.24. The van der Waals surface area contributed by atoms with Crippen LogP contribution in [0.15, 0.2) is 36.4 Å². The van der Waals surface area contributed by atoms with E-state index in [4.69, 9.17) is 0 Å². The van der Waals surface area contributed by atoms with Crippen LogP contribution in [0.2, 0.25) is 0 Å². The largest absolute Gasteiger partial charge is 0.300 e. The highest BCUT2D eigenvalue weighted by Gasteiger charge is 2.05. The van der Waals surface area contributed by atoms with Crippen molar-refractivity contribution in [3.05, 3.63) is 42.1 Å². The predicted octanol–water partition coefficient (Wildman–Crippen LogP) is 2.94. The summed E-state index contributed by atoms with van der Waals surface area (Å²) in [6, 6.07) is 12.1. The molecule has 0 spiro atoms. The summed E-state index contributed by atoms with van der Waals surface area (Å²) < 4.78 is 4.25. The number of ketones is 1. The van der Waals surface area contributed by atoms with E-state index >= 15 is 0 Å². The molecule has 1 aromatic carbocycles. The molecule has 0 amide bonds. The molecule has 0 unspecified atom stereocenters. The molecule has 0 aliphatic carbocycles. The lowest BCUT2D eigenvalue weighted by Gasteiger charge is -1.93. The summed E-state index contributed by atoms with van der Waals surface area (Å²) >= 11 is 1.44. The predicted molar refractivity (Wildman–Crippen MR) is 61.9 cm³/mol. The highest BCUT2D eigenvalue weighted by molar-refractivity contribution is 7.09. The fourth-order valence-corrected chi connectivity index (χ4v) is 2.15. The molecule has 0 saturated carbocycles. The fraction of sp³-hybridized carbons (Fsp3) is 0.167. The Morgan fingerprint density at radius 1 is 1.33 bits per heavy atom. The van der Waals surface area contributed by atoms with Crippen molar-refractivity contribution in [3.8, 4) is 10.4 Å². The number of Topliss-reactive ketones (excluding diaryl/α,β-unsaturated/α-hetero) is 1. The van der Waals surface area contributed by atoms with Gasteiger partial charge in [0, 0.05) is 6.42 Å². The molecule has 0 aliphatic rings. The van der Waals surface area contributed by atoms with Gasteiger partial charge < -0.3 is 0 Å². The Morgan fingerprint density at radius 3 is 2.73 bits per heavy atom. The van der Waals surface area contributed by atoms with E-state index in [1.165, 1.54) is 11.5 Å². The molecule has 0 N–H and O–H groups in total. The van der Waals surface area contributed by atoms with Crippen LogP contribution in [0, 0.1) is 0 Å². The summed E-state index contributed by atoms with van der Waals surface area (Å²) in [5.74, 6) is 0.153. The Morgan fingerprint density at radius 2 is 2.07 bits per heavy atom. The zero-order valence-corrected chi connectivity index (χ0v) is 9.25. The molecule has 1 aromatic heterocycles. The smallest absolute Gasteiger partial charge is 0.135 e. The van der Waals surface area contributed by atoms with Gasteiger partial charge in [-0.3, -0.25) is 4.79 Å². The van der Waals surface area contributed by atoms with Crippen molar-refractivity contribution in [1.82, 2.24) is 4.37 Å². The molecule has 2 nitrogen and oxygen atoms in total.